The summed E-state index contributed by atoms with van der Waals surface area (Å²) in [6.07, 6.45) is 2.61. The summed E-state index contributed by atoms with van der Waals surface area (Å²) in [5.41, 5.74) is 0.878. The van der Waals surface area contributed by atoms with Crippen molar-refractivity contribution in [3.63, 3.8) is 0 Å². The Morgan fingerprint density at radius 1 is 0.929 bits per heavy atom. The van der Waals surface area contributed by atoms with E-state index in [-0.39, 0.29) is 0 Å². The summed E-state index contributed by atoms with van der Waals surface area (Å²) in [6.45, 7) is 19.1. The van der Waals surface area contributed by atoms with Crippen LogP contribution < -0.4 is 0 Å². The van der Waals surface area contributed by atoms with Gasteiger partial charge in [0.25, 0.3) is 0 Å². The Morgan fingerprint density at radius 2 is 1.36 bits per heavy atom. The van der Waals surface area contributed by atoms with Crippen molar-refractivity contribution in [2.24, 2.45) is 22.7 Å². The minimum Gasteiger partial charge on any atom is -0.0651 e. The molecular formula is C14H30. The van der Waals surface area contributed by atoms with Gasteiger partial charge in [-0.2, -0.15) is 0 Å². The molecule has 0 heterocycles. The van der Waals surface area contributed by atoms with Crippen LogP contribution in [0.1, 0.15) is 68.2 Å². The van der Waals surface area contributed by atoms with Crippen molar-refractivity contribution >= 4 is 0 Å². The highest BCUT2D eigenvalue weighted by Gasteiger charge is 2.40. The molecule has 0 spiro atoms. The highest BCUT2D eigenvalue weighted by Crippen LogP contribution is 2.48. The second kappa shape index (κ2) is 4.68. The lowest BCUT2D eigenvalue weighted by molar-refractivity contribution is 0.0270. The summed E-state index contributed by atoms with van der Waals surface area (Å²) >= 11 is 0. The lowest BCUT2D eigenvalue weighted by atomic mass is 9.58. The SMILES string of the molecule is CCC(C)C(C)(C)C(C)(C)CC(C)C. The first-order chi connectivity index (χ1) is 6.15. The Balaban J connectivity index is 4.68. The summed E-state index contributed by atoms with van der Waals surface area (Å²) in [5.74, 6) is 1.60. The van der Waals surface area contributed by atoms with E-state index in [4.69, 9.17) is 0 Å². The third-order valence-corrected chi connectivity index (χ3v) is 4.51. The van der Waals surface area contributed by atoms with Crippen molar-refractivity contribution in [1.82, 2.24) is 0 Å². The molecule has 0 amide bonds. The first-order valence-electron chi connectivity index (χ1n) is 6.15. The molecule has 0 heteroatoms. The van der Waals surface area contributed by atoms with E-state index in [1.54, 1.807) is 0 Å². The lowest BCUT2D eigenvalue weighted by Crippen LogP contribution is -2.38. The van der Waals surface area contributed by atoms with Crippen LogP contribution in [0.5, 0.6) is 0 Å². The molecule has 0 rings (SSSR count). The van der Waals surface area contributed by atoms with E-state index >= 15 is 0 Å². The molecule has 0 aromatic heterocycles. The zero-order chi connectivity index (χ0) is 11.6. The topological polar surface area (TPSA) is 0 Å². The van der Waals surface area contributed by atoms with Crippen LogP contribution in [0.4, 0.5) is 0 Å². The summed E-state index contributed by atoms with van der Waals surface area (Å²) in [7, 11) is 0. The highest BCUT2D eigenvalue weighted by atomic mass is 14.4. The third kappa shape index (κ3) is 3.00. The lowest BCUT2D eigenvalue weighted by Gasteiger charge is -2.47. The zero-order valence-electron chi connectivity index (χ0n) is 11.6. The van der Waals surface area contributed by atoms with E-state index in [9.17, 15) is 0 Å². The minimum atomic E-state index is 0.437. The maximum Gasteiger partial charge on any atom is -0.0277 e. The first-order valence-corrected chi connectivity index (χ1v) is 6.15. The highest BCUT2D eigenvalue weighted by molar-refractivity contribution is 4.89. The molecule has 0 saturated heterocycles. The average Bonchev–Trinajstić information content (AvgIpc) is 2.00. The van der Waals surface area contributed by atoms with Crippen LogP contribution in [-0.4, -0.2) is 0 Å². The van der Waals surface area contributed by atoms with E-state index < -0.39 is 0 Å². The molecule has 14 heavy (non-hydrogen) atoms. The monoisotopic (exact) mass is 198 g/mol. The fourth-order valence-electron chi connectivity index (χ4n) is 2.46. The van der Waals surface area contributed by atoms with Crippen molar-refractivity contribution in [2.45, 2.75) is 68.2 Å². The number of rotatable bonds is 5. The van der Waals surface area contributed by atoms with Gasteiger partial charge >= 0.3 is 0 Å². The van der Waals surface area contributed by atoms with E-state index in [1.807, 2.05) is 0 Å². The fraction of sp³-hybridized carbons (Fsp3) is 1.00. The molecule has 0 radical (unpaired) electrons. The molecule has 0 nitrogen and oxygen atoms in total. The van der Waals surface area contributed by atoms with Gasteiger partial charge < -0.3 is 0 Å². The molecule has 1 atom stereocenters. The fourth-order valence-corrected chi connectivity index (χ4v) is 2.46. The summed E-state index contributed by atoms with van der Waals surface area (Å²) in [4.78, 5) is 0. The quantitative estimate of drug-likeness (QED) is 0.574. The molecule has 0 bridgehead atoms. The maximum absolute atomic E-state index is 2.43. The van der Waals surface area contributed by atoms with Crippen LogP contribution in [0.25, 0.3) is 0 Å². The third-order valence-electron chi connectivity index (χ3n) is 4.51. The van der Waals surface area contributed by atoms with E-state index in [0.717, 1.165) is 11.8 Å². The van der Waals surface area contributed by atoms with Crippen LogP contribution in [0.3, 0.4) is 0 Å². The molecule has 0 aliphatic heterocycles. The van der Waals surface area contributed by atoms with Crippen molar-refractivity contribution < 1.29 is 0 Å². The van der Waals surface area contributed by atoms with E-state index in [1.165, 1.54) is 12.8 Å². The molecule has 0 aliphatic rings. The Hall–Kier alpha value is 0. The van der Waals surface area contributed by atoms with Gasteiger partial charge in [-0.25, -0.2) is 0 Å². The predicted molar refractivity (Wildman–Crippen MR) is 66.5 cm³/mol. The molecule has 1 unspecified atom stereocenters. The van der Waals surface area contributed by atoms with Gasteiger partial charge in [-0.3, -0.25) is 0 Å². The molecule has 0 fully saturated rings. The minimum absolute atomic E-state index is 0.437. The molecule has 0 N–H and O–H groups in total. The van der Waals surface area contributed by atoms with Crippen molar-refractivity contribution in [1.29, 1.82) is 0 Å². The van der Waals surface area contributed by atoms with Gasteiger partial charge in [-0.05, 0) is 29.1 Å². The van der Waals surface area contributed by atoms with Crippen molar-refractivity contribution in [3.05, 3.63) is 0 Å². The summed E-state index contributed by atoms with van der Waals surface area (Å²) < 4.78 is 0. The van der Waals surface area contributed by atoms with Crippen LogP contribution >= 0.6 is 0 Å². The van der Waals surface area contributed by atoms with Crippen LogP contribution in [0.15, 0.2) is 0 Å². The Bertz CT molecular complexity index is 163. The van der Waals surface area contributed by atoms with Crippen molar-refractivity contribution in [2.75, 3.05) is 0 Å². The number of hydrogen-bond acceptors (Lipinski definition) is 0. The molecule has 0 saturated carbocycles. The van der Waals surface area contributed by atoms with Gasteiger partial charge in [0, 0.05) is 0 Å². The molecule has 0 aliphatic carbocycles. The predicted octanol–water partition coefficient (Wildman–Crippen LogP) is 5.13. The van der Waals surface area contributed by atoms with Gasteiger partial charge in [0.05, 0.1) is 0 Å². The Labute approximate surface area is 91.5 Å². The van der Waals surface area contributed by atoms with Crippen LogP contribution in [0, 0.1) is 22.7 Å². The van der Waals surface area contributed by atoms with Gasteiger partial charge in [0.15, 0.2) is 0 Å². The molecular weight excluding hydrogens is 168 g/mol. The van der Waals surface area contributed by atoms with Crippen molar-refractivity contribution in [3.8, 4) is 0 Å². The summed E-state index contributed by atoms with van der Waals surface area (Å²) in [6, 6.07) is 0. The second-order valence-electron chi connectivity index (χ2n) is 6.51. The Kier molecular flexibility index (Phi) is 4.68. The normalized spacial score (nSPS) is 16.1. The largest absolute Gasteiger partial charge is 0.0651 e. The van der Waals surface area contributed by atoms with Gasteiger partial charge in [0.2, 0.25) is 0 Å². The van der Waals surface area contributed by atoms with Gasteiger partial charge in [-0.1, -0.05) is 61.8 Å². The van der Waals surface area contributed by atoms with E-state index in [2.05, 4.69) is 55.4 Å². The number of hydrogen-bond donors (Lipinski definition) is 0. The second-order valence-corrected chi connectivity index (χ2v) is 6.51. The first kappa shape index (κ1) is 14.0. The smallest absolute Gasteiger partial charge is 0.0277 e. The molecule has 0 aromatic rings. The zero-order valence-corrected chi connectivity index (χ0v) is 11.6. The van der Waals surface area contributed by atoms with Gasteiger partial charge in [0.1, 0.15) is 0 Å². The summed E-state index contributed by atoms with van der Waals surface area (Å²) in [5, 5.41) is 0. The maximum atomic E-state index is 2.43. The average molecular weight is 198 g/mol. The molecule has 86 valence electrons. The Morgan fingerprint density at radius 3 is 1.64 bits per heavy atom. The van der Waals surface area contributed by atoms with Crippen LogP contribution in [0.2, 0.25) is 0 Å². The van der Waals surface area contributed by atoms with Crippen LogP contribution in [-0.2, 0) is 0 Å². The molecule has 0 aromatic carbocycles. The standard InChI is InChI=1S/C14H30/c1-9-12(4)14(7,8)13(5,6)10-11(2)3/h11-12H,9-10H2,1-8H3. The van der Waals surface area contributed by atoms with E-state index in [0.29, 0.717) is 10.8 Å². The van der Waals surface area contributed by atoms with Gasteiger partial charge in [-0.15, -0.1) is 0 Å².